The zero-order valence-corrected chi connectivity index (χ0v) is 13.8. The van der Waals surface area contributed by atoms with Gasteiger partial charge in [0.2, 0.25) is 5.91 Å². The van der Waals surface area contributed by atoms with Crippen molar-refractivity contribution < 1.29 is 23.1 Å². The van der Waals surface area contributed by atoms with Crippen LogP contribution in [0.25, 0.3) is 0 Å². The molecule has 8 heteroatoms. The number of piperazine rings is 1. The number of rotatable bonds is 4. The Morgan fingerprint density at radius 3 is 2.60 bits per heavy atom. The molecule has 2 amide bonds. The number of nitrogens with zero attached hydrogens (tertiary/aromatic N) is 2. The van der Waals surface area contributed by atoms with Gasteiger partial charge in [-0.3, -0.25) is 14.5 Å². The lowest BCUT2D eigenvalue weighted by Crippen LogP contribution is -2.52. The molecule has 0 spiro atoms. The lowest BCUT2D eigenvalue weighted by molar-refractivity contribution is -0.142. The van der Waals surface area contributed by atoms with Crippen LogP contribution in [0.4, 0.5) is 14.5 Å². The molecule has 1 aromatic carbocycles. The highest BCUT2D eigenvalue weighted by molar-refractivity contribution is 5.92. The molecule has 0 bridgehead atoms. The van der Waals surface area contributed by atoms with Gasteiger partial charge in [-0.25, -0.2) is 8.78 Å². The number of carbonyl (C=O) groups is 2. The van der Waals surface area contributed by atoms with E-state index in [0.717, 1.165) is 25.0 Å². The second-order valence-electron chi connectivity index (χ2n) is 6.28. The van der Waals surface area contributed by atoms with Gasteiger partial charge in [-0.05, 0) is 25.0 Å². The van der Waals surface area contributed by atoms with Crippen LogP contribution in [0.5, 0.6) is 0 Å². The lowest BCUT2D eigenvalue weighted by atomic mass is 10.2. The third kappa shape index (κ3) is 4.52. The van der Waals surface area contributed by atoms with Crippen molar-refractivity contribution in [3.8, 4) is 0 Å². The SMILES string of the molecule is O=C(CN1CCN(C(=O)C2CCCO2)CC1)Nc1ccc(F)cc1F. The Morgan fingerprint density at radius 1 is 1.20 bits per heavy atom. The highest BCUT2D eigenvalue weighted by atomic mass is 19.1. The third-order valence-electron chi connectivity index (χ3n) is 4.46. The van der Waals surface area contributed by atoms with E-state index in [9.17, 15) is 18.4 Å². The van der Waals surface area contributed by atoms with Crippen molar-refractivity contribution in [2.45, 2.75) is 18.9 Å². The number of ether oxygens (including phenoxy) is 1. The zero-order valence-electron chi connectivity index (χ0n) is 13.8. The first-order valence-corrected chi connectivity index (χ1v) is 8.40. The molecule has 2 heterocycles. The minimum atomic E-state index is -0.805. The standard InChI is InChI=1S/C17H21F2N3O3/c18-12-3-4-14(13(19)10-12)20-16(23)11-21-5-7-22(8-6-21)17(24)15-2-1-9-25-15/h3-4,10,15H,1-2,5-9,11H2,(H,20,23). The van der Waals surface area contributed by atoms with Gasteiger partial charge in [0, 0.05) is 38.9 Å². The number of amides is 2. The van der Waals surface area contributed by atoms with Crippen LogP contribution in [0.1, 0.15) is 12.8 Å². The summed E-state index contributed by atoms with van der Waals surface area (Å²) in [6.07, 6.45) is 1.36. The minimum Gasteiger partial charge on any atom is -0.368 e. The van der Waals surface area contributed by atoms with Crippen LogP contribution in [0, 0.1) is 11.6 Å². The average Bonchev–Trinajstić information content (AvgIpc) is 3.12. The fraction of sp³-hybridized carbons (Fsp3) is 0.529. The molecule has 0 aliphatic carbocycles. The predicted octanol–water partition coefficient (Wildman–Crippen LogP) is 1.23. The predicted molar refractivity (Wildman–Crippen MR) is 87.0 cm³/mol. The molecule has 0 saturated carbocycles. The van der Waals surface area contributed by atoms with E-state index in [1.807, 2.05) is 4.90 Å². The molecule has 0 radical (unpaired) electrons. The van der Waals surface area contributed by atoms with Crippen molar-refractivity contribution in [2.24, 2.45) is 0 Å². The minimum absolute atomic E-state index is 0.0231. The number of hydrogen-bond donors (Lipinski definition) is 1. The Kier molecular flexibility index (Phi) is 5.60. The molecular weight excluding hydrogens is 332 g/mol. The first-order valence-electron chi connectivity index (χ1n) is 8.40. The highest BCUT2D eigenvalue weighted by Crippen LogP contribution is 2.17. The molecule has 3 rings (SSSR count). The lowest BCUT2D eigenvalue weighted by Gasteiger charge is -2.35. The van der Waals surface area contributed by atoms with Crippen LogP contribution in [0.2, 0.25) is 0 Å². The molecule has 136 valence electrons. The Balaban J connectivity index is 1.45. The molecule has 2 saturated heterocycles. The summed E-state index contributed by atoms with van der Waals surface area (Å²) in [5, 5.41) is 2.44. The summed E-state index contributed by atoms with van der Waals surface area (Å²) in [7, 11) is 0. The number of nitrogens with one attached hydrogen (secondary N) is 1. The molecule has 2 fully saturated rings. The maximum atomic E-state index is 13.6. The summed E-state index contributed by atoms with van der Waals surface area (Å²) in [6, 6.07) is 3.01. The molecule has 25 heavy (non-hydrogen) atoms. The van der Waals surface area contributed by atoms with Crippen molar-refractivity contribution in [1.29, 1.82) is 0 Å². The average molecular weight is 353 g/mol. The van der Waals surface area contributed by atoms with Crippen LogP contribution in [0.3, 0.4) is 0 Å². The van der Waals surface area contributed by atoms with Crippen molar-refractivity contribution in [3.63, 3.8) is 0 Å². The van der Waals surface area contributed by atoms with Gasteiger partial charge in [0.25, 0.3) is 5.91 Å². The van der Waals surface area contributed by atoms with Crippen molar-refractivity contribution in [2.75, 3.05) is 44.6 Å². The topological polar surface area (TPSA) is 61.9 Å². The van der Waals surface area contributed by atoms with Gasteiger partial charge in [-0.15, -0.1) is 0 Å². The smallest absolute Gasteiger partial charge is 0.251 e. The summed E-state index contributed by atoms with van der Waals surface area (Å²) in [6.45, 7) is 2.94. The Labute approximate surface area is 144 Å². The summed E-state index contributed by atoms with van der Waals surface area (Å²) in [4.78, 5) is 28.0. The Morgan fingerprint density at radius 2 is 1.96 bits per heavy atom. The first kappa shape index (κ1) is 17.8. The fourth-order valence-corrected chi connectivity index (χ4v) is 3.09. The summed E-state index contributed by atoms with van der Waals surface area (Å²) >= 11 is 0. The first-order chi connectivity index (χ1) is 12.0. The number of anilines is 1. The van der Waals surface area contributed by atoms with E-state index < -0.39 is 11.6 Å². The quantitative estimate of drug-likeness (QED) is 0.884. The Bertz CT molecular complexity index is 642. The molecule has 2 aliphatic rings. The fourth-order valence-electron chi connectivity index (χ4n) is 3.09. The van der Waals surface area contributed by atoms with Crippen LogP contribution in [-0.2, 0) is 14.3 Å². The van der Waals surface area contributed by atoms with Crippen molar-refractivity contribution >= 4 is 17.5 Å². The normalized spacial score (nSPS) is 21.4. The van der Waals surface area contributed by atoms with Crippen molar-refractivity contribution in [1.82, 2.24) is 9.80 Å². The largest absolute Gasteiger partial charge is 0.368 e. The van der Waals surface area contributed by atoms with E-state index in [1.54, 1.807) is 4.90 Å². The molecule has 1 atom stereocenters. The number of halogens is 2. The van der Waals surface area contributed by atoms with Gasteiger partial charge in [0.1, 0.15) is 17.7 Å². The van der Waals surface area contributed by atoms with E-state index >= 15 is 0 Å². The molecule has 1 N–H and O–H groups in total. The van der Waals surface area contributed by atoms with Crippen LogP contribution >= 0.6 is 0 Å². The zero-order chi connectivity index (χ0) is 17.8. The van der Waals surface area contributed by atoms with Crippen LogP contribution < -0.4 is 5.32 Å². The van der Waals surface area contributed by atoms with Gasteiger partial charge in [0.15, 0.2) is 0 Å². The van der Waals surface area contributed by atoms with Crippen molar-refractivity contribution in [3.05, 3.63) is 29.8 Å². The van der Waals surface area contributed by atoms with Gasteiger partial charge >= 0.3 is 0 Å². The maximum Gasteiger partial charge on any atom is 0.251 e. The molecule has 1 unspecified atom stereocenters. The molecule has 6 nitrogen and oxygen atoms in total. The summed E-state index contributed by atoms with van der Waals surface area (Å²) < 4.78 is 31.8. The second kappa shape index (κ2) is 7.88. The molecule has 1 aromatic rings. The maximum absolute atomic E-state index is 13.6. The van der Waals surface area contributed by atoms with E-state index in [1.165, 1.54) is 6.07 Å². The third-order valence-corrected chi connectivity index (χ3v) is 4.46. The van der Waals surface area contributed by atoms with E-state index in [-0.39, 0.29) is 30.2 Å². The van der Waals surface area contributed by atoms with Crippen LogP contribution in [-0.4, -0.2) is 67.0 Å². The van der Waals surface area contributed by atoms with Gasteiger partial charge in [-0.1, -0.05) is 0 Å². The second-order valence-corrected chi connectivity index (χ2v) is 6.28. The van der Waals surface area contributed by atoms with Gasteiger partial charge in [-0.2, -0.15) is 0 Å². The number of benzene rings is 1. The van der Waals surface area contributed by atoms with Gasteiger partial charge in [0.05, 0.1) is 12.2 Å². The number of carbonyl (C=O) groups excluding carboxylic acids is 2. The van der Waals surface area contributed by atoms with E-state index in [2.05, 4.69) is 5.32 Å². The Hall–Kier alpha value is -2.06. The van der Waals surface area contributed by atoms with E-state index in [4.69, 9.17) is 4.74 Å². The number of hydrogen-bond acceptors (Lipinski definition) is 4. The highest BCUT2D eigenvalue weighted by Gasteiger charge is 2.30. The monoisotopic (exact) mass is 353 g/mol. The summed E-state index contributed by atoms with van der Waals surface area (Å²) in [5.41, 5.74) is -0.0430. The molecular formula is C17H21F2N3O3. The molecule has 0 aromatic heterocycles. The van der Waals surface area contributed by atoms with Gasteiger partial charge < -0.3 is 15.0 Å². The molecule has 2 aliphatic heterocycles. The van der Waals surface area contributed by atoms with Crippen LogP contribution in [0.15, 0.2) is 18.2 Å². The van der Waals surface area contributed by atoms with E-state index in [0.29, 0.717) is 32.8 Å². The summed E-state index contributed by atoms with van der Waals surface area (Å²) in [5.74, 6) is -1.85.